The van der Waals surface area contributed by atoms with E-state index in [1.54, 1.807) is 0 Å². The van der Waals surface area contributed by atoms with Gasteiger partial charge in [0.15, 0.2) is 0 Å². The number of para-hydroxylation sites is 1. The fourth-order valence-electron chi connectivity index (χ4n) is 1.67. The summed E-state index contributed by atoms with van der Waals surface area (Å²) in [6.45, 7) is 3.14. The van der Waals surface area contributed by atoms with Crippen molar-refractivity contribution in [3.63, 3.8) is 0 Å². The molecule has 0 aliphatic carbocycles. The molecule has 0 amide bonds. The second kappa shape index (κ2) is 9.73. The van der Waals surface area contributed by atoms with Crippen LogP contribution < -0.4 is 14.8 Å². The molecule has 1 rings (SSSR count). The predicted octanol–water partition coefficient (Wildman–Crippen LogP) is 0.345. The smallest absolute Gasteiger partial charge is 0.211 e. The Morgan fingerprint density at radius 3 is 2.62 bits per heavy atom. The first-order valence-corrected chi connectivity index (χ1v) is 8.72. The monoisotopic (exact) mass is 316 g/mol. The Labute approximate surface area is 126 Å². The number of rotatable bonds is 11. The number of hydrogen-bond acceptors (Lipinski definition) is 5. The van der Waals surface area contributed by atoms with Crippen LogP contribution in [0.1, 0.15) is 13.3 Å². The summed E-state index contributed by atoms with van der Waals surface area (Å²) in [4.78, 5) is 0. The van der Waals surface area contributed by atoms with Crippen molar-refractivity contribution in [2.45, 2.75) is 19.4 Å². The number of sulfonamides is 1. The number of hydrogen-bond donors (Lipinski definition) is 3. The van der Waals surface area contributed by atoms with Crippen LogP contribution in [-0.2, 0) is 10.0 Å². The first-order chi connectivity index (χ1) is 10.0. The van der Waals surface area contributed by atoms with Crippen LogP contribution >= 0.6 is 0 Å². The van der Waals surface area contributed by atoms with Gasteiger partial charge in [-0.25, -0.2) is 13.1 Å². The Balaban J connectivity index is 2.07. The van der Waals surface area contributed by atoms with Crippen molar-refractivity contribution in [2.75, 3.05) is 32.0 Å². The fourth-order valence-corrected chi connectivity index (χ4v) is 2.77. The Morgan fingerprint density at radius 1 is 1.24 bits per heavy atom. The average Bonchev–Trinajstić information content (AvgIpc) is 2.45. The van der Waals surface area contributed by atoms with Gasteiger partial charge in [0, 0.05) is 19.6 Å². The van der Waals surface area contributed by atoms with Crippen LogP contribution in [0.3, 0.4) is 0 Å². The van der Waals surface area contributed by atoms with E-state index in [1.165, 1.54) is 0 Å². The molecule has 0 aliphatic heterocycles. The molecule has 21 heavy (non-hydrogen) atoms. The summed E-state index contributed by atoms with van der Waals surface area (Å²) in [5.74, 6) is 0.851. The molecule has 0 bridgehead atoms. The lowest BCUT2D eigenvalue weighted by Crippen LogP contribution is -2.37. The molecule has 0 fully saturated rings. The maximum Gasteiger partial charge on any atom is 0.211 e. The molecule has 0 heterocycles. The van der Waals surface area contributed by atoms with Gasteiger partial charge < -0.3 is 15.2 Å². The molecule has 0 spiro atoms. The van der Waals surface area contributed by atoms with Gasteiger partial charge >= 0.3 is 0 Å². The van der Waals surface area contributed by atoms with E-state index < -0.39 is 16.1 Å². The van der Waals surface area contributed by atoms with Gasteiger partial charge in [-0.1, -0.05) is 25.1 Å². The zero-order valence-electron chi connectivity index (χ0n) is 12.3. The normalized spacial score (nSPS) is 13.0. The minimum Gasteiger partial charge on any atom is -0.491 e. The summed E-state index contributed by atoms with van der Waals surface area (Å²) in [5, 5.41) is 12.7. The van der Waals surface area contributed by atoms with Gasteiger partial charge in [0.25, 0.3) is 0 Å². The minimum atomic E-state index is -3.16. The average molecular weight is 316 g/mol. The zero-order valence-corrected chi connectivity index (χ0v) is 13.1. The molecule has 0 aromatic heterocycles. The van der Waals surface area contributed by atoms with Gasteiger partial charge in [-0.3, -0.25) is 0 Å². The Kier molecular flexibility index (Phi) is 8.29. The molecule has 7 heteroatoms. The molecule has 120 valence electrons. The molecule has 0 aliphatic rings. The van der Waals surface area contributed by atoms with Crippen molar-refractivity contribution in [3.8, 4) is 5.75 Å². The minimum absolute atomic E-state index is 0.139. The van der Waals surface area contributed by atoms with Crippen LogP contribution in [0.5, 0.6) is 5.75 Å². The van der Waals surface area contributed by atoms with E-state index in [1.807, 2.05) is 37.3 Å². The highest BCUT2D eigenvalue weighted by atomic mass is 32.2. The number of benzene rings is 1. The Hall–Kier alpha value is -1.15. The SMILES string of the molecule is CCCS(=O)(=O)NCCNC[C@H](O)COc1ccccc1. The fraction of sp³-hybridized carbons (Fsp3) is 0.571. The lowest BCUT2D eigenvalue weighted by molar-refractivity contribution is 0.107. The highest BCUT2D eigenvalue weighted by Gasteiger charge is 2.08. The van der Waals surface area contributed by atoms with E-state index in [-0.39, 0.29) is 12.4 Å². The number of aliphatic hydroxyl groups is 1. The van der Waals surface area contributed by atoms with Gasteiger partial charge in [-0.15, -0.1) is 0 Å². The van der Waals surface area contributed by atoms with E-state index in [9.17, 15) is 13.5 Å². The molecule has 1 atom stereocenters. The summed E-state index contributed by atoms with van der Waals surface area (Å²) in [7, 11) is -3.16. The first kappa shape index (κ1) is 17.9. The largest absolute Gasteiger partial charge is 0.491 e. The van der Waals surface area contributed by atoms with Gasteiger partial charge in [-0.2, -0.15) is 0 Å². The predicted molar refractivity (Wildman–Crippen MR) is 82.9 cm³/mol. The highest BCUT2D eigenvalue weighted by molar-refractivity contribution is 7.89. The second-order valence-corrected chi connectivity index (χ2v) is 6.62. The molecular formula is C14H24N2O4S. The third-order valence-electron chi connectivity index (χ3n) is 2.66. The molecule has 1 aromatic carbocycles. The maximum absolute atomic E-state index is 11.4. The van der Waals surface area contributed by atoms with Gasteiger partial charge in [-0.05, 0) is 18.6 Å². The summed E-state index contributed by atoms with van der Waals surface area (Å²) in [5.41, 5.74) is 0. The van der Waals surface area contributed by atoms with Crippen LogP contribution in [0, 0.1) is 0 Å². The number of aliphatic hydroxyl groups excluding tert-OH is 1. The topological polar surface area (TPSA) is 87.7 Å². The molecule has 0 radical (unpaired) electrons. The van der Waals surface area contributed by atoms with Crippen molar-refractivity contribution in [3.05, 3.63) is 30.3 Å². The highest BCUT2D eigenvalue weighted by Crippen LogP contribution is 2.08. The van der Waals surface area contributed by atoms with Crippen LogP contribution in [-0.4, -0.2) is 51.6 Å². The maximum atomic E-state index is 11.4. The zero-order chi connectivity index (χ0) is 15.6. The van der Waals surface area contributed by atoms with E-state index in [4.69, 9.17) is 4.74 Å². The second-order valence-electron chi connectivity index (χ2n) is 4.70. The summed E-state index contributed by atoms with van der Waals surface area (Å²) < 4.78 is 30.7. The van der Waals surface area contributed by atoms with Gasteiger partial charge in [0.05, 0.1) is 5.75 Å². The Bertz CT molecular complexity index is 479. The van der Waals surface area contributed by atoms with Gasteiger partial charge in [0.1, 0.15) is 18.5 Å². The summed E-state index contributed by atoms with van der Waals surface area (Å²) in [6.07, 6.45) is -0.0457. The van der Waals surface area contributed by atoms with Crippen molar-refractivity contribution >= 4 is 10.0 Å². The standard InChI is InChI=1S/C14H24N2O4S/c1-2-10-21(18,19)16-9-8-15-11-13(17)12-20-14-6-4-3-5-7-14/h3-7,13,15-17H,2,8-12H2,1H3/t13-/m0/s1. The molecular weight excluding hydrogens is 292 g/mol. The van der Waals surface area contributed by atoms with E-state index in [0.29, 0.717) is 31.8 Å². The number of nitrogens with one attached hydrogen (secondary N) is 2. The first-order valence-electron chi connectivity index (χ1n) is 7.07. The lowest BCUT2D eigenvalue weighted by atomic mass is 10.3. The van der Waals surface area contributed by atoms with Gasteiger partial charge in [0.2, 0.25) is 10.0 Å². The van der Waals surface area contributed by atoms with Crippen LogP contribution in [0.4, 0.5) is 0 Å². The molecule has 0 saturated carbocycles. The van der Waals surface area contributed by atoms with Crippen molar-refractivity contribution in [2.24, 2.45) is 0 Å². The molecule has 0 saturated heterocycles. The van der Waals surface area contributed by atoms with Crippen LogP contribution in [0.2, 0.25) is 0 Å². The summed E-state index contributed by atoms with van der Waals surface area (Å²) >= 11 is 0. The molecule has 1 aromatic rings. The van der Waals surface area contributed by atoms with Crippen molar-refractivity contribution in [1.82, 2.24) is 10.0 Å². The van der Waals surface area contributed by atoms with Crippen molar-refractivity contribution < 1.29 is 18.3 Å². The van der Waals surface area contributed by atoms with Crippen LogP contribution in [0.15, 0.2) is 30.3 Å². The lowest BCUT2D eigenvalue weighted by Gasteiger charge is -2.13. The van der Waals surface area contributed by atoms with E-state index in [2.05, 4.69) is 10.0 Å². The van der Waals surface area contributed by atoms with E-state index >= 15 is 0 Å². The number of ether oxygens (including phenoxy) is 1. The Morgan fingerprint density at radius 2 is 1.95 bits per heavy atom. The molecule has 3 N–H and O–H groups in total. The molecule has 6 nitrogen and oxygen atoms in total. The molecule has 0 unspecified atom stereocenters. The summed E-state index contributed by atoms with van der Waals surface area (Å²) in [6, 6.07) is 9.26. The van der Waals surface area contributed by atoms with Crippen molar-refractivity contribution in [1.29, 1.82) is 0 Å². The quantitative estimate of drug-likeness (QED) is 0.513. The third kappa shape index (κ3) is 8.67. The van der Waals surface area contributed by atoms with Crippen LogP contribution in [0.25, 0.3) is 0 Å². The third-order valence-corrected chi connectivity index (χ3v) is 4.25. The van der Waals surface area contributed by atoms with E-state index in [0.717, 1.165) is 0 Å².